The number of phenols is 1. The zero-order valence-electron chi connectivity index (χ0n) is 16.8. The normalized spacial score (nSPS) is 16.3. The van der Waals surface area contributed by atoms with E-state index in [1.165, 1.54) is 6.07 Å². The van der Waals surface area contributed by atoms with Crippen LogP contribution in [0.3, 0.4) is 0 Å². The Kier molecular flexibility index (Phi) is 6.39. The van der Waals surface area contributed by atoms with E-state index in [9.17, 15) is 15.0 Å². The summed E-state index contributed by atoms with van der Waals surface area (Å²) in [5.74, 6) is 0.766. The molecular formula is C22H23ClN4O4. The number of aromatic hydroxyl groups is 1. The molecule has 1 aromatic heterocycles. The van der Waals surface area contributed by atoms with Crippen LogP contribution in [0.2, 0.25) is 5.02 Å². The van der Waals surface area contributed by atoms with E-state index in [2.05, 4.69) is 15.3 Å². The molecule has 2 heterocycles. The van der Waals surface area contributed by atoms with Gasteiger partial charge in [0.1, 0.15) is 24.7 Å². The molecule has 1 saturated heterocycles. The van der Waals surface area contributed by atoms with Crippen molar-refractivity contribution in [3.63, 3.8) is 0 Å². The first-order chi connectivity index (χ1) is 15.0. The molecule has 4 rings (SSSR count). The standard InChI is InChI=1S/C22H23ClN4O4/c23-17-10-14(7-8-19(17)29)25-22-24-11-16-18(26-22)5-3-6-20(16)31-13-15-4-1-2-9-27(15)21(30)12-28/h3,5-8,10-11,15,28-29H,1-2,4,9,12-13H2,(H,24,25,26)/t15-/m1/s1. The molecule has 0 saturated carbocycles. The Bertz CT molecular complexity index is 1090. The van der Waals surface area contributed by atoms with Crippen molar-refractivity contribution in [2.24, 2.45) is 0 Å². The van der Waals surface area contributed by atoms with Gasteiger partial charge in [-0.15, -0.1) is 0 Å². The van der Waals surface area contributed by atoms with Crippen molar-refractivity contribution in [3.8, 4) is 11.5 Å². The third kappa shape index (κ3) is 4.81. The van der Waals surface area contributed by atoms with E-state index in [4.69, 9.17) is 16.3 Å². The Morgan fingerprint density at radius 1 is 1.29 bits per heavy atom. The van der Waals surface area contributed by atoms with Crippen molar-refractivity contribution in [2.75, 3.05) is 25.1 Å². The van der Waals surface area contributed by atoms with Crippen LogP contribution in [0.5, 0.6) is 11.5 Å². The van der Waals surface area contributed by atoms with Gasteiger partial charge in [-0.25, -0.2) is 9.97 Å². The molecule has 1 amide bonds. The van der Waals surface area contributed by atoms with Gasteiger partial charge in [0.25, 0.3) is 0 Å². The molecular weight excluding hydrogens is 420 g/mol. The molecule has 3 aromatic rings. The highest BCUT2D eigenvalue weighted by molar-refractivity contribution is 6.32. The summed E-state index contributed by atoms with van der Waals surface area (Å²) in [4.78, 5) is 22.6. The molecule has 1 atom stereocenters. The van der Waals surface area contributed by atoms with Crippen LogP contribution in [-0.2, 0) is 4.79 Å². The van der Waals surface area contributed by atoms with Gasteiger partial charge in [0.05, 0.1) is 22.0 Å². The fourth-order valence-corrected chi connectivity index (χ4v) is 3.89. The topological polar surface area (TPSA) is 108 Å². The predicted molar refractivity (Wildman–Crippen MR) is 118 cm³/mol. The van der Waals surface area contributed by atoms with Crippen LogP contribution in [0.15, 0.2) is 42.6 Å². The summed E-state index contributed by atoms with van der Waals surface area (Å²) in [6.07, 6.45) is 4.49. The van der Waals surface area contributed by atoms with Gasteiger partial charge in [0, 0.05) is 18.4 Å². The first-order valence-corrected chi connectivity index (χ1v) is 10.5. The lowest BCUT2D eigenvalue weighted by Crippen LogP contribution is -2.47. The van der Waals surface area contributed by atoms with E-state index in [0.29, 0.717) is 36.1 Å². The number of rotatable bonds is 6. The van der Waals surface area contributed by atoms with Crippen LogP contribution in [0.4, 0.5) is 11.6 Å². The Balaban J connectivity index is 1.50. The lowest BCUT2D eigenvalue weighted by Gasteiger charge is -2.35. The van der Waals surface area contributed by atoms with Gasteiger partial charge >= 0.3 is 0 Å². The SMILES string of the molecule is O=C(CO)N1CCCC[C@@H]1COc1cccc2nc(Nc3ccc(O)c(Cl)c3)ncc12. The van der Waals surface area contributed by atoms with Crippen LogP contribution in [0, 0.1) is 0 Å². The zero-order valence-corrected chi connectivity index (χ0v) is 17.5. The minimum atomic E-state index is -0.485. The third-order valence-corrected chi connectivity index (χ3v) is 5.61. The van der Waals surface area contributed by atoms with E-state index < -0.39 is 6.61 Å². The van der Waals surface area contributed by atoms with Crippen molar-refractivity contribution in [1.82, 2.24) is 14.9 Å². The first-order valence-electron chi connectivity index (χ1n) is 10.1. The van der Waals surface area contributed by atoms with Crippen molar-refractivity contribution < 1.29 is 19.7 Å². The molecule has 0 unspecified atom stereocenters. The number of hydrogen-bond donors (Lipinski definition) is 3. The molecule has 0 spiro atoms. The maximum absolute atomic E-state index is 12.0. The smallest absolute Gasteiger partial charge is 0.248 e. The quantitative estimate of drug-likeness (QED) is 0.501. The summed E-state index contributed by atoms with van der Waals surface area (Å²) < 4.78 is 6.05. The van der Waals surface area contributed by atoms with Gasteiger partial charge in [0.15, 0.2) is 0 Å². The average Bonchev–Trinajstić information content (AvgIpc) is 2.79. The number of aliphatic hydroxyl groups excluding tert-OH is 1. The number of carbonyl (C=O) groups excluding carboxylic acids is 1. The number of amides is 1. The number of hydrogen-bond acceptors (Lipinski definition) is 7. The minimum absolute atomic E-state index is 0.00524. The summed E-state index contributed by atoms with van der Waals surface area (Å²) in [5.41, 5.74) is 1.35. The van der Waals surface area contributed by atoms with E-state index in [1.807, 2.05) is 18.2 Å². The molecule has 2 aromatic carbocycles. The second-order valence-electron chi connectivity index (χ2n) is 7.38. The van der Waals surface area contributed by atoms with Crippen molar-refractivity contribution in [1.29, 1.82) is 0 Å². The number of fused-ring (bicyclic) bond motifs is 1. The van der Waals surface area contributed by atoms with Gasteiger partial charge in [0.2, 0.25) is 11.9 Å². The number of piperidine rings is 1. The Morgan fingerprint density at radius 2 is 2.16 bits per heavy atom. The van der Waals surface area contributed by atoms with Crippen molar-refractivity contribution >= 4 is 40.0 Å². The van der Waals surface area contributed by atoms with Gasteiger partial charge < -0.3 is 25.2 Å². The van der Waals surface area contributed by atoms with Crippen LogP contribution in [-0.4, -0.2) is 56.8 Å². The highest BCUT2D eigenvalue weighted by Crippen LogP contribution is 2.29. The van der Waals surface area contributed by atoms with Gasteiger partial charge in [-0.3, -0.25) is 4.79 Å². The van der Waals surface area contributed by atoms with E-state index >= 15 is 0 Å². The Morgan fingerprint density at radius 3 is 2.97 bits per heavy atom. The molecule has 0 bridgehead atoms. The van der Waals surface area contributed by atoms with E-state index in [0.717, 1.165) is 24.6 Å². The number of benzene rings is 2. The van der Waals surface area contributed by atoms with Crippen LogP contribution in [0.25, 0.3) is 10.9 Å². The predicted octanol–water partition coefficient (Wildman–Crippen LogP) is 3.48. The second kappa shape index (κ2) is 9.36. The van der Waals surface area contributed by atoms with Crippen LogP contribution in [0.1, 0.15) is 19.3 Å². The third-order valence-electron chi connectivity index (χ3n) is 5.30. The van der Waals surface area contributed by atoms with E-state index in [-0.39, 0.29) is 22.7 Å². The van der Waals surface area contributed by atoms with Crippen molar-refractivity contribution in [3.05, 3.63) is 47.6 Å². The van der Waals surface area contributed by atoms with Crippen LogP contribution < -0.4 is 10.1 Å². The molecule has 1 fully saturated rings. The number of nitrogens with zero attached hydrogens (tertiary/aromatic N) is 3. The number of aromatic nitrogens is 2. The highest BCUT2D eigenvalue weighted by atomic mass is 35.5. The second-order valence-corrected chi connectivity index (χ2v) is 7.79. The Hall–Kier alpha value is -3.10. The number of phenolic OH excluding ortho intramolecular Hbond substituents is 1. The fourth-order valence-electron chi connectivity index (χ4n) is 3.71. The Labute approximate surface area is 184 Å². The summed E-state index contributed by atoms with van der Waals surface area (Å²) in [6.45, 7) is 0.500. The summed E-state index contributed by atoms with van der Waals surface area (Å²) >= 11 is 5.95. The number of halogens is 1. The lowest BCUT2D eigenvalue weighted by molar-refractivity contribution is -0.138. The highest BCUT2D eigenvalue weighted by Gasteiger charge is 2.26. The molecule has 0 radical (unpaired) electrons. The first kappa shape index (κ1) is 21.1. The van der Waals surface area contributed by atoms with Gasteiger partial charge in [-0.1, -0.05) is 17.7 Å². The zero-order chi connectivity index (χ0) is 21.8. The summed E-state index contributed by atoms with van der Waals surface area (Å²) in [5, 5.41) is 22.8. The molecule has 0 aliphatic carbocycles. The molecule has 162 valence electrons. The molecule has 8 nitrogen and oxygen atoms in total. The number of likely N-dealkylation sites (tertiary alicyclic amines) is 1. The summed E-state index contributed by atoms with van der Waals surface area (Å²) in [7, 11) is 0. The molecule has 3 N–H and O–H groups in total. The largest absolute Gasteiger partial charge is 0.506 e. The number of ether oxygens (including phenoxy) is 1. The maximum Gasteiger partial charge on any atom is 0.248 e. The lowest BCUT2D eigenvalue weighted by atomic mass is 10.0. The number of carbonyl (C=O) groups is 1. The van der Waals surface area contributed by atoms with Crippen molar-refractivity contribution in [2.45, 2.75) is 25.3 Å². The van der Waals surface area contributed by atoms with Gasteiger partial charge in [-0.05, 0) is 49.6 Å². The number of anilines is 2. The molecule has 1 aliphatic rings. The number of nitrogens with one attached hydrogen (secondary N) is 1. The van der Waals surface area contributed by atoms with Crippen LogP contribution >= 0.6 is 11.6 Å². The van der Waals surface area contributed by atoms with E-state index in [1.54, 1.807) is 23.2 Å². The average molecular weight is 443 g/mol. The fraction of sp³-hybridized carbons (Fsp3) is 0.318. The minimum Gasteiger partial charge on any atom is -0.506 e. The number of aliphatic hydroxyl groups is 1. The van der Waals surface area contributed by atoms with Gasteiger partial charge in [-0.2, -0.15) is 0 Å². The molecule has 31 heavy (non-hydrogen) atoms. The molecule has 1 aliphatic heterocycles. The molecule has 9 heteroatoms. The maximum atomic E-state index is 12.0. The monoisotopic (exact) mass is 442 g/mol. The summed E-state index contributed by atoms with van der Waals surface area (Å²) in [6, 6.07) is 10.3.